The van der Waals surface area contributed by atoms with Crippen molar-refractivity contribution in [3.8, 4) is 0 Å². The van der Waals surface area contributed by atoms with Crippen LogP contribution in [0.2, 0.25) is 0 Å². The number of hydrogen-bond donors (Lipinski definition) is 2. The van der Waals surface area contributed by atoms with Crippen molar-refractivity contribution < 1.29 is 9.59 Å². The van der Waals surface area contributed by atoms with Crippen molar-refractivity contribution in [2.24, 2.45) is 10.2 Å². The number of nitrogens with one attached hydrogen (secondary N) is 2. The lowest BCUT2D eigenvalue weighted by atomic mass is 10.1. The first kappa shape index (κ1) is 22.0. The van der Waals surface area contributed by atoms with Crippen LogP contribution in [0, 0.1) is 13.8 Å². The minimum Gasteiger partial charge on any atom is -0.273 e. The number of benzene rings is 2. The van der Waals surface area contributed by atoms with Gasteiger partial charge in [-0.25, -0.2) is 10.9 Å². The zero-order valence-corrected chi connectivity index (χ0v) is 17.5. The summed E-state index contributed by atoms with van der Waals surface area (Å²) in [5, 5.41) is 8.26. The van der Waals surface area contributed by atoms with Gasteiger partial charge >= 0.3 is 0 Å². The summed E-state index contributed by atoms with van der Waals surface area (Å²) >= 11 is 0. The normalized spacial score (nSPS) is 11.9. The summed E-state index contributed by atoms with van der Waals surface area (Å²) in [4.78, 5) is 23.9. The van der Waals surface area contributed by atoms with E-state index in [2.05, 4.69) is 21.1 Å². The highest BCUT2D eigenvalue weighted by Crippen LogP contribution is 2.06. The SMILES string of the molecule is CC(=NNC(=O)CCCC(=O)NN=C(C)c1cccc(C)c1)c1cccc(C)c1. The van der Waals surface area contributed by atoms with Gasteiger partial charge in [-0.05, 0) is 45.2 Å². The largest absolute Gasteiger partial charge is 0.273 e. The van der Waals surface area contributed by atoms with Crippen LogP contribution in [0.5, 0.6) is 0 Å². The van der Waals surface area contributed by atoms with Gasteiger partial charge in [0.2, 0.25) is 11.8 Å². The van der Waals surface area contributed by atoms with Gasteiger partial charge in [0, 0.05) is 12.8 Å². The van der Waals surface area contributed by atoms with E-state index in [0.29, 0.717) is 6.42 Å². The average molecular weight is 393 g/mol. The monoisotopic (exact) mass is 392 g/mol. The first-order valence-electron chi connectivity index (χ1n) is 9.65. The molecule has 2 amide bonds. The molecule has 0 saturated heterocycles. The average Bonchev–Trinajstić information content (AvgIpc) is 2.70. The Morgan fingerprint density at radius 3 is 1.55 bits per heavy atom. The van der Waals surface area contributed by atoms with E-state index in [4.69, 9.17) is 0 Å². The van der Waals surface area contributed by atoms with Gasteiger partial charge < -0.3 is 0 Å². The molecule has 2 aromatic rings. The Hall–Kier alpha value is -3.28. The molecule has 152 valence electrons. The standard InChI is InChI=1S/C23H28N4O2/c1-16-8-5-10-20(14-16)18(3)24-26-22(28)12-7-13-23(29)27-25-19(4)21-11-6-9-17(2)15-21/h5-6,8-11,14-15H,7,12-13H2,1-4H3,(H,26,28)(H,27,29). The molecule has 29 heavy (non-hydrogen) atoms. The molecule has 2 rings (SSSR count). The predicted octanol–water partition coefficient (Wildman–Crippen LogP) is 3.85. The molecule has 0 atom stereocenters. The maximum absolute atomic E-state index is 11.9. The number of carbonyl (C=O) groups excluding carboxylic acids is 2. The van der Waals surface area contributed by atoms with Gasteiger partial charge in [0.25, 0.3) is 0 Å². The van der Waals surface area contributed by atoms with Crippen LogP contribution >= 0.6 is 0 Å². The molecule has 0 aromatic heterocycles. The fraction of sp³-hybridized carbons (Fsp3) is 0.304. The summed E-state index contributed by atoms with van der Waals surface area (Å²) in [6, 6.07) is 15.8. The Morgan fingerprint density at radius 1 is 0.759 bits per heavy atom. The molecule has 2 N–H and O–H groups in total. The minimum absolute atomic E-state index is 0.218. The van der Waals surface area contributed by atoms with E-state index in [1.807, 2.05) is 76.2 Å². The third kappa shape index (κ3) is 7.70. The summed E-state index contributed by atoms with van der Waals surface area (Å²) in [7, 11) is 0. The van der Waals surface area contributed by atoms with E-state index in [1.54, 1.807) is 0 Å². The van der Waals surface area contributed by atoms with Gasteiger partial charge in [-0.2, -0.15) is 10.2 Å². The fourth-order valence-corrected chi connectivity index (χ4v) is 2.68. The van der Waals surface area contributed by atoms with Gasteiger partial charge in [0.1, 0.15) is 0 Å². The Morgan fingerprint density at radius 2 is 1.17 bits per heavy atom. The van der Waals surface area contributed by atoms with Crippen molar-refractivity contribution >= 4 is 23.2 Å². The quantitative estimate of drug-likeness (QED) is 0.528. The smallest absolute Gasteiger partial charge is 0.240 e. The van der Waals surface area contributed by atoms with Crippen molar-refractivity contribution in [2.45, 2.75) is 47.0 Å². The maximum atomic E-state index is 11.9. The van der Waals surface area contributed by atoms with Crippen LogP contribution < -0.4 is 10.9 Å². The lowest BCUT2D eigenvalue weighted by Gasteiger charge is -2.05. The van der Waals surface area contributed by atoms with Crippen LogP contribution in [0.4, 0.5) is 0 Å². The molecule has 0 radical (unpaired) electrons. The number of aryl methyl sites for hydroxylation is 2. The van der Waals surface area contributed by atoms with Crippen LogP contribution in [0.3, 0.4) is 0 Å². The first-order chi connectivity index (χ1) is 13.8. The first-order valence-corrected chi connectivity index (χ1v) is 9.65. The molecule has 6 heteroatoms. The van der Waals surface area contributed by atoms with Crippen LogP contribution in [-0.4, -0.2) is 23.2 Å². The summed E-state index contributed by atoms with van der Waals surface area (Å²) in [5.41, 5.74) is 10.8. The minimum atomic E-state index is -0.218. The molecule has 0 heterocycles. The third-order valence-corrected chi connectivity index (χ3v) is 4.38. The summed E-state index contributed by atoms with van der Waals surface area (Å²) in [6.07, 6.45) is 0.868. The zero-order chi connectivity index (χ0) is 21.2. The van der Waals surface area contributed by atoms with Crippen molar-refractivity contribution in [3.63, 3.8) is 0 Å². The van der Waals surface area contributed by atoms with Crippen molar-refractivity contribution in [1.29, 1.82) is 0 Å². The number of hydrogen-bond acceptors (Lipinski definition) is 4. The molecule has 0 unspecified atom stereocenters. The molecule has 0 saturated carbocycles. The molecule has 6 nitrogen and oxygen atoms in total. The van der Waals surface area contributed by atoms with Gasteiger partial charge in [0.05, 0.1) is 11.4 Å². The molecule has 0 bridgehead atoms. The number of carbonyl (C=O) groups is 2. The highest BCUT2D eigenvalue weighted by atomic mass is 16.2. The van der Waals surface area contributed by atoms with Gasteiger partial charge in [-0.15, -0.1) is 0 Å². The van der Waals surface area contributed by atoms with Crippen LogP contribution in [0.1, 0.15) is 55.4 Å². The second-order valence-corrected chi connectivity index (χ2v) is 7.06. The Bertz CT molecular complexity index is 856. The zero-order valence-electron chi connectivity index (χ0n) is 17.5. The molecule has 2 aromatic carbocycles. The number of rotatable bonds is 8. The summed E-state index contributed by atoms with van der Waals surface area (Å²) in [6.45, 7) is 7.70. The van der Waals surface area contributed by atoms with E-state index in [0.717, 1.165) is 33.7 Å². The van der Waals surface area contributed by atoms with Crippen LogP contribution in [0.15, 0.2) is 58.7 Å². The predicted molar refractivity (Wildman–Crippen MR) is 117 cm³/mol. The maximum Gasteiger partial charge on any atom is 0.240 e. The van der Waals surface area contributed by atoms with Crippen molar-refractivity contribution in [3.05, 3.63) is 70.8 Å². The lowest BCUT2D eigenvalue weighted by molar-refractivity contribution is -0.122. The second-order valence-electron chi connectivity index (χ2n) is 7.06. The summed E-state index contributed by atoms with van der Waals surface area (Å²) < 4.78 is 0. The van der Waals surface area contributed by atoms with E-state index in [9.17, 15) is 9.59 Å². The van der Waals surface area contributed by atoms with Crippen LogP contribution in [0.25, 0.3) is 0 Å². The topological polar surface area (TPSA) is 82.9 Å². The Labute approximate surface area is 172 Å². The highest BCUT2D eigenvalue weighted by Gasteiger charge is 2.06. The molecule has 0 aliphatic heterocycles. The molecule has 0 fully saturated rings. The van der Waals surface area contributed by atoms with Crippen LogP contribution in [-0.2, 0) is 9.59 Å². The Kier molecular flexibility index (Phi) is 8.27. The molecular formula is C23H28N4O2. The van der Waals surface area contributed by atoms with E-state index in [1.165, 1.54) is 0 Å². The van der Waals surface area contributed by atoms with Crippen molar-refractivity contribution in [2.75, 3.05) is 0 Å². The van der Waals surface area contributed by atoms with E-state index < -0.39 is 0 Å². The molecular weight excluding hydrogens is 364 g/mol. The third-order valence-electron chi connectivity index (χ3n) is 4.38. The van der Waals surface area contributed by atoms with Gasteiger partial charge in [0.15, 0.2) is 0 Å². The lowest BCUT2D eigenvalue weighted by Crippen LogP contribution is -2.21. The van der Waals surface area contributed by atoms with E-state index in [-0.39, 0.29) is 24.7 Å². The molecule has 0 aliphatic rings. The second kappa shape index (κ2) is 10.9. The number of hydrazone groups is 2. The van der Waals surface area contributed by atoms with Crippen molar-refractivity contribution in [1.82, 2.24) is 10.9 Å². The van der Waals surface area contributed by atoms with Gasteiger partial charge in [-0.3, -0.25) is 9.59 Å². The Balaban J connectivity index is 1.73. The molecule has 0 aliphatic carbocycles. The number of amides is 2. The van der Waals surface area contributed by atoms with E-state index >= 15 is 0 Å². The number of nitrogens with zero attached hydrogens (tertiary/aromatic N) is 2. The molecule has 0 spiro atoms. The fourth-order valence-electron chi connectivity index (χ4n) is 2.68. The van der Waals surface area contributed by atoms with Gasteiger partial charge in [-0.1, -0.05) is 59.7 Å². The highest BCUT2D eigenvalue weighted by molar-refractivity contribution is 6.00. The summed E-state index contributed by atoms with van der Waals surface area (Å²) in [5.74, 6) is -0.437.